The van der Waals surface area contributed by atoms with E-state index in [1.54, 1.807) is 19.1 Å². The smallest absolute Gasteiger partial charge is 0.344 e. The Morgan fingerprint density at radius 1 is 1.03 bits per heavy atom. The summed E-state index contributed by atoms with van der Waals surface area (Å²) in [7, 11) is 0. The van der Waals surface area contributed by atoms with E-state index in [2.05, 4.69) is 15.6 Å². The van der Waals surface area contributed by atoms with Gasteiger partial charge in [-0.25, -0.2) is 4.79 Å². The van der Waals surface area contributed by atoms with Gasteiger partial charge in [-0.15, -0.1) is 0 Å². The topological polar surface area (TPSA) is 102 Å². The number of hydrogen-bond donors (Lipinski definition) is 3. The van der Waals surface area contributed by atoms with Crippen LogP contribution in [0.25, 0.3) is 0 Å². The third kappa shape index (κ3) is 6.39. The largest absolute Gasteiger partial charge is 0.508 e. The quantitative estimate of drug-likeness (QED) is 0.481. The van der Waals surface area contributed by atoms with Crippen molar-refractivity contribution in [1.29, 1.82) is 0 Å². The molecule has 4 amide bonds. The van der Waals surface area contributed by atoms with Gasteiger partial charge in [-0.05, 0) is 87.7 Å². The molecule has 1 unspecified atom stereocenters. The minimum atomic E-state index is -1.05. The van der Waals surface area contributed by atoms with Crippen LogP contribution in [-0.2, 0) is 22.4 Å². The fourth-order valence-electron chi connectivity index (χ4n) is 4.82. The van der Waals surface area contributed by atoms with Crippen LogP contribution in [0, 0.1) is 5.92 Å². The number of hydrazine groups is 1. The molecule has 35 heavy (non-hydrogen) atoms. The molecule has 2 heterocycles. The van der Waals surface area contributed by atoms with Crippen LogP contribution in [0.2, 0.25) is 0 Å². The molecule has 0 spiro atoms. The molecule has 4 rings (SSSR count). The van der Waals surface area contributed by atoms with E-state index in [1.807, 2.05) is 42.5 Å². The van der Waals surface area contributed by atoms with E-state index in [4.69, 9.17) is 0 Å². The number of hydrogen-bond acceptors (Lipinski definition) is 5. The van der Waals surface area contributed by atoms with Gasteiger partial charge < -0.3 is 10.4 Å². The first-order chi connectivity index (χ1) is 16.8. The molecule has 8 nitrogen and oxygen atoms in total. The summed E-state index contributed by atoms with van der Waals surface area (Å²) in [5.41, 5.74) is 3.77. The van der Waals surface area contributed by atoms with Crippen molar-refractivity contribution in [2.75, 3.05) is 19.6 Å². The average molecular weight is 479 g/mol. The summed E-state index contributed by atoms with van der Waals surface area (Å²) in [6.07, 6.45) is 5.16. The minimum Gasteiger partial charge on any atom is -0.508 e. The monoisotopic (exact) mass is 478 g/mol. The summed E-state index contributed by atoms with van der Waals surface area (Å²) in [5, 5.41) is 13.0. The maximum Gasteiger partial charge on any atom is 0.344 e. The van der Waals surface area contributed by atoms with Gasteiger partial charge in [0.2, 0.25) is 0 Å². The molecule has 1 atom stereocenters. The number of carbonyl (C=O) groups is 3. The summed E-state index contributed by atoms with van der Waals surface area (Å²) in [6, 6.07) is 16.5. The van der Waals surface area contributed by atoms with Gasteiger partial charge >= 0.3 is 6.03 Å². The maximum atomic E-state index is 12.9. The Morgan fingerprint density at radius 3 is 2.37 bits per heavy atom. The van der Waals surface area contributed by atoms with Crippen LogP contribution < -0.4 is 10.7 Å². The number of benzene rings is 2. The second-order valence-corrected chi connectivity index (χ2v) is 9.85. The lowest BCUT2D eigenvalue weighted by Gasteiger charge is -2.31. The highest BCUT2D eigenvalue weighted by Gasteiger charge is 2.48. The fraction of sp³-hybridized carbons (Fsp3) is 0.444. The van der Waals surface area contributed by atoms with Gasteiger partial charge in [0.1, 0.15) is 11.3 Å². The number of phenolic OH excluding ortho intramolecular Hbond substituents is 1. The highest BCUT2D eigenvalue weighted by molar-refractivity contribution is 6.07. The van der Waals surface area contributed by atoms with Crippen molar-refractivity contribution >= 4 is 17.8 Å². The Balaban J connectivity index is 1.20. The minimum absolute atomic E-state index is 0.155. The molecule has 2 saturated heterocycles. The second-order valence-electron chi connectivity index (χ2n) is 9.85. The van der Waals surface area contributed by atoms with E-state index in [1.165, 1.54) is 5.56 Å². The number of rotatable bonds is 9. The van der Waals surface area contributed by atoms with Crippen LogP contribution in [0.5, 0.6) is 5.75 Å². The number of aromatic hydroxyl groups is 1. The van der Waals surface area contributed by atoms with E-state index >= 15 is 0 Å². The molecule has 0 radical (unpaired) electrons. The van der Waals surface area contributed by atoms with Crippen molar-refractivity contribution in [3.05, 3.63) is 65.7 Å². The Morgan fingerprint density at radius 2 is 1.69 bits per heavy atom. The highest BCUT2D eigenvalue weighted by Crippen LogP contribution is 2.24. The fourth-order valence-corrected chi connectivity index (χ4v) is 4.82. The third-order valence-corrected chi connectivity index (χ3v) is 7.11. The van der Waals surface area contributed by atoms with Gasteiger partial charge in [-0.2, -0.15) is 5.01 Å². The zero-order valence-corrected chi connectivity index (χ0v) is 20.2. The lowest BCUT2D eigenvalue weighted by molar-refractivity contribution is -0.139. The van der Waals surface area contributed by atoms with Gasteiger partial charge in [0.15, 0.2) is 0 Å². The molecular formula is C27H34N4O4. The molecule has 0 saturated carbocycles. The average Bonchev–Trinajstić information content (AvgIpc) is 3.07. The molecule has 2 fully saturated rings. The van der Waals surface area contributed by atoms with Crippen molar-refractivity contribution in [3.63, 3.8) is 0 Å². The summed E-state index contributed by atoms with van der Waals surface area (Å²) >= 11 is 0. The number of nitrogens with zero attached hydrogens (tertiary/aromatic N) is 2. The summed E-state index contributed by atoms with van der Waals surface area (Å²) in [6.45, 7) is 3.47. The molecule has 0 aliphatic carbocycles. The maximum absolute atomic E-state index is 12.9. The molecular weight excluding hydrogens is 444 g/mol. The standard InChI is InChI=1S/C27H34N4O4/c1-27(16-13-20-5-3-2-4-6-20)25(34)31(26(35)28-27)29-24(33)19-30-17-14-22(15-18-30)8-7-21-9-11-23(32)12-10-21/h2-6,9-12,22,32H,7-8,13-19H2,1H3,(H,28,35)(H,29,33). The van der Waals surface area contributed by atoms with E-state index in [9.17, 15) is 19.5 Å². The van der Waals surface area contributed by atoms with Gasteiger partial charge in [-0.3, -0.25) is 19.9 Å². The van der Waals surface area contributed by atoms with Crippen LogP contribution in [0.1, 0.15) is 43.7 Å². The van der Waals surface area contributed by atoms with Crippen LogP contribution in [0.3, 0.4) is 0 Å². The SMILES string of the molecule is CC1(CCc2ccccc2)NC(=O)N(NC(=O)CN2CCC(CCc3ccc(O)cc3)CC2)C1=O. The van der Waals surface area contributed by atoms with Crippen molar-refractivity contribution in [1.82, 2.24) is 20.7 Å². The normalized spacial score (nSPS) is 21.2. The first-order valence-corrected chi connectivity index (χ1v) is 12.3. The Labute approximate surface area is 206 Å². The highest BCUT2D eigenvalue weighted by atomic mass is 16.3. The van der Waals surface area contributed by atoms with Crippen molar-refractivity contribution < 1.29 is 19.5 Å². The van der Waals surface area contributed by atoms with Crippen molar-refractivity contribution in [2.45, 2.75) is 51.0 Å². The van der Waals surface area contributed by atoms with E-state index in [-0.39, 0.29) is 18.2 Å². The van der Waals surface area contributed by atoms with Gasteiger partial charge in [0.05, 0.1) is 6.54 Å². The molecule has 8 heteroatoms. The number of nitrogens with one attached hydrogen (secondary N) is 2. The number of phenols is 1. The van der Waals surface area contributed by atoms with Crippen molar-refractivity contribution in [3.8, 4) is 5.75 Å². The number of amides is 4. The van der Waals surface area contributed by atoms with Crippen LogP contribution in [0.15, 0.2) is 54.6 Å². The second kappa shape index (κ2) is 10.9. The van der Waals surface area contributed by atoms with Crippen LogP contribution in [-0.4, -0.2) is 58.0 Å². The van der Waals surface area contributed by atoms with Gasteiger partial charge in [0.25, 0.3) is 11.8 Å². The predicted molar refractivity (Wildman–Crippen MR) is 132 cm³/mol. The number of imide groups is 1. The number of likely N-dealkylation sites (tertiary alicyclic amines) is 1. The van der Waals surface area contributed by atoms with Crippen LogP contribution >= 0.6 is 0 Å². The van der Waals surface area contributed by atoms with Gasteiger partial charge in [0, 0.05) is 0 Å². The molecule has 186 valence electrons. The molecule has 2 aromatic carbocycles. The zero-order valence-electron chi connectivity index (χ0n) is 20.2. The Kier molecular flexibility index (Phi) is 7.70. The number of carbonyl (C=O) groups excluding carboxylic acids is 3. The zero-order chi connectivity index (χ0) is 24.8. The number of piperidine rings is 1. The lowest BCUT2D eigenvalue weighted by Crippen LogP contribution is -2.52. The summed E-state index contributed by atoms with van der Waals surface area (Å²) in [4.78, 5) is 40.1. The van der Waals surface area contributed by atoms with E-state index < -0.39 is 17.5 Å². The summed E-state index contributed by atoms with van der Waals surface area (Å²) < 4.78 is 0. The Hall–Kier alpha value is -3.39. The molecule has 2 aliphatic heterocycles. The first kappa shape index (κ1) is 24.7. The third-order valence-electron chi connectivity index (χ3n) is 7.11. The van der Waals surface area contributed by atoms with E-state index in [0.29, 0.717) is 18.8 Å². The first-order valence-electron chi connectivity index (χ1n) is 12.3. The summed E-state index contributed by atoms with van der Waals surface area (Å²) in [5.74, 6) is 0.0905. The predicted octanol–water partition coefficient (Wildman–Crippen LogP) is 3.01. The van der Waals surface area contributed by atoms with Gasteiger partial charge in [-0.1, -0.05) is 42.5 Å². The molecule has 0 bridgehead atoms. The molecule has 2 aromatic rings. The van der Waals surface area contributed by atoms with Crippen LogP contribution in [0.4, 0.5) is 4.79 Å². The molecule has 0 aromatic heterocycles. The van der Waals surface area contributed by atoms with Crippen molar-refractivity contribution in [2.24, 2.45) is 5.92 Å². The Bertz CT molecular complexity index is 1030. The number of urea groups is 1. The molecule has 2 aliphatic rings. The molecule has 3 N–H and O–H groups in total. The lowest BCUT2D eigenvalue weighted by atomic mass is 9.90. The van der Waals surface area contributed by atoms with E-state index in [0.717, 1.165) is 49.3 Å². The number of aryl methyl sites for hydroxylation is 2.